The third-order valence-electron chi connectivity index (χ3n) is 16.2. The van der Waals surface area contributed by atoms with Crippen molar-refractivity contribution in [3.63, 3.8) is 0 Å². The number of carbonyl (C=O) groups excluding carboxylic acids is 2. The minimum Gasteiger partial charge on any atom is -0.481 e. The fourth-order valence-corrected chi connectivity index (χ4v) is 11.8. The Hall–Kier alpha value is -2.17. The molecule has 354 valence electrons. The van der Waals surface area contributed by atoms with Crippen LogP contribution in [0.2, 0.25) is 0 Å². The predicted molar refractivity (Wildman–Crippen MR) is 230 cm³/mol. The summed E-state index contributed by atoms with van der Waals surface area (Å²) in [7, 11) is 0. The van der Waals surface area contributed by atoms with Crippen molar-refractivity contribution >= 4 is 17.8 Å². The lowest BCUT2D eigenvalue weighted by atomic mass is 9.72. The predicted octanol–water partition coefficient (Wildman–Crippen LogP) is 7.10. The van der Waals surface area contributed by atoms with Crippen LogP contribution in [0.25, 0.3) is 0 Å². The number of hydrogen-bond acceptors (Lipinski definition) is 12. The van der Waals surface area contributed by atoms with E-state index in [1.54, 1.807) is 6.92 Å². The summed E-state index contributed by atoms with van der Waals surface area (Å²) in [6.45, 7) is 20.7. The smallest absolute Gasteiger partial charge is 0.408 e. The third kappa shape index (κ3) is 9.83. The fourth-order valence-electron chi connectivity index (χ4n) is 11.8. The van der Waals surface area contributed by atoms with Gasteiger partial charge in [0.25, 0.3) is 0 Å². The standard InChI is InChI=1S/C48H79NO13/c1-11-34(43(52)53)36-15-14-27(4)41(59-36)31(8)39(50)30(7)40(51)35(12-2)42-28(5)26-29(6)47(60-42)21-16-37(49-44(54)58-33-18-24-56-25-19-33)48(62-47)23-22-45(10,61-48)38-17-20-46(55,13-3)32(9)57-38/h16,21,27-39,41-42,50,55H,11-15,17-20,22-26H2,1-10H3,(H,49,54)(H,52,53)/t27-,28-,29+,30-,31-,32-,34+,35?,36+,37+,38+,39+,41+,42-,45-,46+,47-,48-/m0/s1. The highest BCUT2D eigenvalue weighted by molar-refractivity contribution is 5.84. The van der Waals surface area contributed by atoms with Crippen LogP contribution in [-0.2, 0) is 42.7 Å². The summed E-state index contributed by atoms with van der Waals surface area (Å²) in [5, 5.41) is 36.0. The van der Waals surface area contributed by atoms with Crippen molar-refractivity contribution in [2.45, 2.75) is 218 Å². The normalized spacial score (nSPS) is 42.8. The number of amides is 1. The number of ether oxygens (including phenoxy) is 7. The molecule has 4 N–H and O–H groups in total. The minimum absolute atomic E-state index is 0.0294. The first-order chi connectivity index (χ1) is 29.3. The first-order valence-electron chi connectivity index (χ1n) is 24.1. The second-order valence-electron chi connectivity index (χ2n) is 20.3. The first kappa shape index (κ1) is 49.3. The molecule has 5 saturated heterocycles. The Labute approximate surface area is 369 Å². The highest BCUT2D eigenvalue weighted by Crippen LogP contribution is 2.54. The van der Waals surface area contributed by atoms with Crippen LogP contribution in [0.5, 0.6) is 0 Å². The van der Waals surface area contributed by atoms with Crippen molar-refractivity contribution in [1.29, 1.82) is 0 Å². The molecular formula is C48H79NO13. The highest BCUT2D eigenvalue weighted by Gasteiger charge is 2.63. The molecule has 0 saturated carbocycles. The number of carboxylic acid groups (broad SMARTS) is 1. The maximum Gasteiger partial charge on any atom is 0.408 e. The molecule has 14 nitrogen and oxygen atoms in total. The average molecular weight is 878 g/mol. The molecule has 0 aromatic carbocycles. The van der Waals surface area contributed by atoms with Gasteiger partial charge in [0.15, 0.2) is 11.6 Å². The maximum atomic E-state index is 14.7. The second kappa shape index (κ2) is 19.7. The summed E-state index contributed by atoms with van der Waals surface area (Å²) < 4.78 is 45.9. The van der Waals surface area contributed by atoms with E-state index in [1.165, 1.54) is 0 Å². The van der Waals surface area contributed by atoms with E-state index in [0.717, 1.165) is 6.42 Å². The first-order valence-corrected chi connectivity index (χ1v) is 24.1. The van der Waals surface area contributed by atoms with Gasteiger partial charge in [0, 0.05) is 42.9 Å². The average Bonchev–Trinajstić information content (AvgIpc) is 3.59. The molecular weight excluding hydrogens is 799 g/mol. The van der Waals surface area contributed by atoms with Crippen molar-refractivity contribution in [3.05, 3.63) is 12.2 Å². The van der Waals surface area contributed by atoms with E-state index >= 15 is 0 Å². The van der Waals surface area contributed by atoms with Crippen LogP contribution in [-0.4, -0.2) is 118 Å². The quantitative estimate of drug-likeness (QED) is 0.130. The van der Waals surface area contributed by atoms with Gasteiger partial charge in [0.05, 0.1) is 67.0 Å². The van der Waals surface area contributed by atoms with E-state index < -0.39 is 95.1 Å². The number of aliphatic hydroxyl groups is 2. The topological polar surface area (TPSA) is 189 Å². The van der Waals surface area contributed by atoms with E-state index in [9.17, 15) is 29.7 Å². The zero-order chi connectivity index (χ0) is 45.4. The van der Waals surface area contributed by atoms with Gasteiger partial charge in [-0.15, -0.1) is 0 Å². The van der Waals surface area contributed by atoms with Gasteiger partial charge in [-0.2, -0.15) is 0 Å². The van der Waals surface area contributed by atoms with Crippen LogP contribution >= 0.6 is 0 Å². The summed E-state index contributed by atoms with van der Waals surface area (Å²) >= 11 is 0. The monoisotopic (exact) mass is 878 g/mol. The zero-order valence-electron chi connectivity index (χ0n) is 39.1. The lowest BCUT2D eigenvalue weighted by Gasteiger charge is -2.55. The molecule has 2 spiro atoms. The van der Waals surface area contributed by atoms with Crippen molar-refractivity contribution in [2.75, 3.05) is 13.2 Å². The van der Waals surface area contributed by atoms with Crippen molar-refractivity contribution < 1.29 is 62.9 Å². The van der Waals surface area contributed by atoms with Crippen LogP contribution < -0.4 is 5.32 Å². The number of rotatable bonds is 14. The highest BCUT2D eigenvalue weighted by atomic mass is 16.8. The Balaban J connectivity index is 1.23. The van der Waals surface area contributed by atoms with Crippen LogP contribution in [0.3, 0.4) is 0 Å². The fraction of sp³-hybridized carbons (Fsp3) is 0.896. The molecule has 6 heterocycles. The number of carbonyl (C=O) groups is 3. The number of alkyl carbamates (subject to hydrolysis) is 1. The van der Waals surface area contributed by atoms with Gasteiger partial charge in [0.1, 0.15) is 17.9 Å². The molecule has 1 amide bonds. The largest absolute Gasteiger partial charge is 0.481 e. The summed E-state index contributed by atoms with van der Waals surface area (Å²) in [4.78, 5) is 40.3. The van der Waals surface area contributed by atoms with Crippen molar-refractivity contribution in [2.24, 2.45) is 41.4 Å². The minimum atomic E-state index is -1.38. The maximum absolute atomic E-state index is 14.7. The molecule has 1 unspecified atom stereocenters. The summed E-state index contributed by atoms with van der Waals surface area (Å²) in [5.74, 6) is -6.12. The Bertz CT molecular complexity index is 1590. The Morgan fingerprint density at radius 3 is 2.19 bits per heavy atom. The number of ketones is 1. The van der Waals surface area contributed by atoms with E-state index in [2.05, 4.69) is 26.1 Å². The molecule has 6 rings (SSSR count). The van der Waals surface area contributed by atoms with Gasteiger partial charge in [-0.05, 0) is 89.5 Å². The second-order valence-corrected chi connectivity index (χ2v) is 20.3. The number of carboxylic acids is 1. The van der Waals surface area contributed by atoms with Gasteiger partial charge in [-0.3, -0.25) is 9.59 Å². The number of aliphatic carboxylic acids is 1. The van der Waals surface area contributed by atoms with E-state index in [1.807, 2.05) is 53.7 Å². The molecule has 0 aliphatic carbocycles. The van der Waals surface area contributed by atoms with Crippen LogP contribution in [0.1, 0.15) is 146 Å². The molecule has 0 bridgehead atoms. The SMILES string of the molecule is CCC(C(=O)[C@@H](C)[C@@H](O)[C@H](C)[C@@H]1O[C@@H]([C@@H](CC)C(=O)O)CC[C@@H]1C)[C@H]1O[C@]2(C=C[C@@H](NC(=O)OC3CCOCC3)[C@]3(CC[C@@](C)([C@H]4CC[C@](O)(CC)[C@H](C)O4)O3)O2)[C@H](C)C[C@@H]1C. The molecule has 0 radical (unpaired) electrons. The van der Waals surface area contributed by atoms with Crippen molar-refractivity contribution in [1.82, 2.24) is 5.32 Å². The van der Waals surface area contributed by atoms with Crippen LogP contribution in [0.15, 0.2) is 12.2 Å². The number of aliphatic hydroxyl groups excluding tert-OH is 1. The van der Waals surface area contributed by atoms with E-state index in [4.69, 9.17) is 33.2 Å². The number of Topliss-reactive ketones (excluding diaryl/α,β-unsaturated/α-hetero) is 1. The number of hydrogen-bond donors (Lipinski definition) is 4. The molecule has 18 atom stereocenters. The van der Waals surface area contributed by atoms with Gasteiger partial charge < -0.3 is 53.8 Å². The zero-order valence-corrected chi connectivity index (χ0v) is 39.1. The summed E-state index contributed by atoms with van der Waals surface area (Å²) in [5.41, 5.74) is -1.74. The van der Waals surface area contributed by atoms with Gasteiger partial charge in [0.2, 0.25) is 0 Å². The lowest BCUT2D eigenvalue weighted by Crippen LogP contribution is -2.66. The molecule has 5 fully saturated rings. The summed E-state index contributed by atoms with van der Waals surface area (Å²) in [6.07, 6.45) is 6.75. The lowest BCUT2D eigenvalue weighted by molar-refractivity contribution is -0.398. The third-order valence-corrected chi connectivity index (χ3v) is 16.2. The van der Waals surface area contributed by atoms with Gasteiger partial charge >= 0.3 is 12.1 Å². The Morgan fingerprint density at radius 2 is 1.56 bits per heavy atom. The van der Waals surface area contributed by atoms with Crippen LogP contribution in [0.4, 0.5) is 4.79 Å². The summed E-state index contributed by atoms with van der Waals surface area (Å²) in [6, 6.07) is -0.739. The molecule has 6 aliphatic rings. The molecule has 0 aromatic heterocycles. The Morgan fingerprint density at radius 1 is 0.871 bits per heavy atom. The molecule has 6 aliphatic heterocycles. The Kier molecular flexibility index (Phi) is 15.7. The van der Waals surface area contributed by atoms with Crippen LogP contribution in [0, 0.1) is 41.4 Å². The van der Waals surface area contributed by atoms with E-state index in [0.29, 0.717) is 83.8 Å². The molecule has 62 heavy (non-hydrogen) atoms. The van der Waals surface area contributed by atoms with E-state index in [-0.39, 0.29) is 35.7 Å². The van der Waals surface area contributed by atoms with Crippen molar-refractivity contribution in [3.8, 4) is 0 Å². The number of nitrogens with one attached hydrogen (secondary N) is 1. The van der Waals surface area contributed by atoms with Gasteiger partial charge in [-0.25, -0.2) is 4.79 Å². The molecule has 14 heteroatoms. The molecule has 0 aromatic rings. The van der Waals surface area contributed by atoms with Gasteiger partial charge in [-0.1, -0.05) is 61.5 Å².